The standard InChI is InChI=1S/C21H19BrN2O3S/c1-15-7-13-18(14-8-15)28(26,27)24(2)17-11-9-16(10-12-17)21(25)23-20-6-4-3-5-19(20)22/h3-14H,1-2H3,(H,23,25). The fourth-order valence-corrected chi connectivity index (χ4v) is 4.17. The van der Waals surface area contributed by atoms with Gasteiger partial charge in [0, 0.05) is 17.1 Å². The fourth-order valence-electron chi connectivity index (χ4n) is 2.59. The topological polar surface area (TPSA) is 66.5 Å². The molecule has 0 radical (unpaired) electrons. The molecule has 0 aliphatic rings. The van der Waals surface area contributed by atoms with Gasteiger partial charge >= 0.3 is 0 Å². The van der Waals surface area contributed by atoms with E-state index in [1.807, 2.05) is 25.1 Å². The second kappa shape index (κ2) is 8.16. The van der Waals surface area contributed by atoms with Crippen LogP contribution in [0.5, 0.6) is 0 Å². The molecular formula is C21H19BrN2O3S. The van der Waals surface area contributed by atoms with Crippen molar-refractivity contribution in [1.82, 2.24) is 0 Å². The van der Waals surface area contributed by atoms with E-state index < -0.39 is 10.0 Å². The van der Waals surface area contributed by atoms with Gasteiger partial charge in [-0.3, -0.25) is 9.10 Å². The van der Waals surface area contributed by atoms with Crippen LogP contribution in [0.15, 0.2) is 82.2 Å². The first-order valence-corrected chi connectivity index (χ1v) is 10.7. The minimum Gasteiger partial charge on any atom is -0.321 e. The van der Waals surface area contributed by atoms with Crippen LogP contribution in [0.3, 0.4) is 0 Å². The quantitative estimate of drug-likeness (QED) is 0.594. The normalized spacial score (nSPS) is 11.1. The van der Waals surface area contributed by atoms with Crippen LogP contribution in [0.4, 0.5) is 11.4 Å². The number of carbonyl (C=O) groups excluding carboxylic acids is 1. The molecule has 0 atom stereocenters. The molecule has 0 aromatic heterocycles. The molecule has 0 aliphatic carbocycles. The van der Waals surface area contributed by atoms with Crippen molar-refractivity contribution >= 4 is 43.2 Å². The van der Waals surface area contributed by atoms with E-state index in [9.17, 15) is 13.2 Å². The van der Waals surface area contributed by atoms with Gasteiger partial charge in [-0.05, 0) is 71.4 Å². The maximum absolute atomic E-state index is 12.8. The van der Waals surface area contributed by atoms with Crippen LogP contribution in [0.1, 0.15) is 15.9 Å². The van der Waals surface area contributed by atoms with Crippen LogP contribution in [0, 0.1) is 6.92 Å². The first-order valence-electron chi connectivity index (χ1n) is 8.50. The number of para-hydroxylation sites is 1. The summed E-state index contributed by atoms with van der Waals surface area (Å²) in [5.41, 5.74) is 2.55. The summed E-state index contributed by atoms with van der Waals surface area (Å²) in [6.45, 7) is 1.90. The summed E-state index contributed by atoms with van der Waals surface area (Å²) in [5.74, 6) is -0.275. The van der Waals surface area contributed by atoms with Gasteiger partial charge in [-0.25, -0.2) is 8.42 Å². The minimum absolute atomic E-state index is 0.219. The molecule has 0 bridgehead atoms. The fraction of sp³-hybridized carbons (Fsp3) is 0.0952. The number of hydrogen-bond acceptors (Lipinski definition) is 3. The zero-order valence-electron chi connectivity index (χ0n) is 15.4. The molecule has 1 N–H and O–H groups in total. The number of amides is 1. The number of anilines is 2. The van der Waals surface area contributed by atoms with Gasteiger partial charge in [-0.15, -0.1) is 0 Å². The molecule has 3 rings (SSSR count). The van der Waals surface area contributed by atoms with E-state index in [4.69, 9.17) is 0 Å². The molecule has 5 nitrogen and oxygen atoms in total. The first-order chi connectivity index (χ1) is 13.3. The number of carbonyl (C=O) groups is 1. The molecule has 0 saturated carbocycles. The van der Waals surface area contributed by atoms with Gasteiger partial charge in [-0.1, -0.05) is 29.8 Å². The molecule has 28 heavy (non-hydrogen) atoms. The Hall–Kier alpha value is -2.64. The smallest absolute Gasteiger partial charge is 0.264 e. The van der Waals surface area contributed by atoms with Gasteiger partial charge in [0.2, 0.25) is 0 Å². The zero-order chi connectivity index (χ0) is 20.3. The Labute approximate surface area is 173 Å². The third kappa shape index (κ3) is 4.26. The summed E-state index contributed by atoms with van der Waals surface area (Å²) in [6, 6.07) is 20.4. The predicted octanol–water partition coefficient (Wildman–Crippen LogP) is 4.83. The number of aryl methyl sites for hydroxylation is 1. The number of rotatable bonds is 5. The van der Waals surface area contributed by atoms with Gasteiger partial charge < -0.3 is 5.32 Å². The molecule has 0 heterocycles. The molecule has 0 aliphatic heterocycles. The Morgan fingerprint density at radius 3 is 2.14 bits per heavy atom. The van der Waals surface area contributed by atoms with Crippen molar-refractivity contribution in [2.24, 2.45) is 0 Å². The summed E-state index contributed by atoms with van der Waals surface area (Å²) in [5, 5.41) is 2.82. The van der Waals surface area contributed by atoms with Crippen molar-refractivity contribution in [2.75, 3.05) is 16.7 Å². The first kappa shape index (κ1) is 20.1. The predicted molar refractivity (Wildman–Crippen MR) is 115 cm³/mol. The SMILES string of the molecule is Cc1ccc(S(=O)(=O)N(C)c2ccc(C(=O)Nc3ccccc3Br)cc2)cc1. The van der Waals surface area contributed by atoms with Crippen LogP contribution in [-0.2, 0) is 10.0 Å². The summed E-state index contributed by atoms with van der Waals surface area (Å²) < 4.78 is 27.5. The molecule has 0 spiro atoms. The van der Waals surface area contributed by atoms with E-state index in [-0.39, 0.29) is 10.8 Å². The number of hydrogen-bond donors (Lipinski definition) is 1. The Kier molecular flexibility index (Phi) is 5.86. The number of nitrogens with zero attached hydrogens (tertiary/aromatic N) is 1. The van der Waals surface area contributed by atoms with Gasteiger partial charge in [-0.2, -0.15) is 0 Å². The van der Waals surface area contributed by atoms with Gasteiger partial charge in [0.1, 0.15) is 0 Å². The van der Waals surface area contributed by atoms with E-state index in [1.54, 1.807) is 54.6 Å². The second-order valence-electron chi connectivity index (χ2n) is 6.27. The number of nitrogens with one attached hydrogen (secondary N) is 1. The average Bonchev–Trinajstić information content (AvgIpc) is 2.69. The van der Waals surface area contributed by atoms with Crippen molar-refractivity contribution in [3.63, 3.8) is 0 Å². The van der Waals surface area contributed by atoms with E-state index in [0.29, 0.717) is 16.9 Å². The van der Waals surface area contributed by atoms with Gasteiger partial charge in [0.25, 0.3) is 15.9 Å². The molecule has 0 unspecified atom stereocenters. The van der Waals surface area contributed by atoms with E-state index in [2.05, 4.69) is 21.2 Å². The van der Waals surface area contributed by atoms with Crippen LogP contribution in [0.2, 0.25) is 0 Å². The minimum atomic E-state index is -3.67. The van der Waals surface area contributed by atoms with Crippen molar-refractivity contribution in [3.05, 3.63) is 88.4 Å². The second-order valence-corrected chi connectivity index (χ2v) is 9.09. The molecule has 7 heteroatoms. The van der Waals surface area contributed by atoms with Crippen LogP contribution >= 0.6 is 15.9 Å². The van der Waals surface area contributed by atoms with Crippen LogP contribution < -0.4 is 9.62 Å². The van der Waals surface area contributed by atoms with E-state index in [1.165, 1.54) is 11.4 Å². The Morgan fingerprint density at radius 1 is 0.929 bits per heavy atom. The highest BCUT2D eigenvalue weighted by Crippen LogP contribution is 2.24. The Bertz CT molecular complexity index is 1100. The maximum atomic E-state index is 12.8. The highest BCUT2D eigenvalue weighted by molar-refractivity contribution is 9.10. The average molecular weight is 459 g/mol. The maximum Gasteiger partial charge on any atom is 0.264 e. The molecule has 3 aromatic carbocycles. The molecular weight excluding hydrogens is 440 g/mol. The van der Waals surface area contributed by atoms with E-state index >= 15 is 0 Å². The molecule has 0 saturated heterocycles. The highest BCUT2D eigenvalue weighted by Gasteiger charge is 2.21. The Balaban J connectivity index is 1.79. The number of sulfonamides is 1. The van der Waals surface area contributed by atoms with Crippen molar-refractivity contribution < 1.29 is 13.2 Å². The van der Waals surface area contributed by atoms with Crippen molar-refractivity contribution in [3.8, 4) is 0 Å². The third-order valence-electron chi connectivity index (χ3n) is 4.29. The third-order valence-corrected chi connectivity index (χ3v) is 6.79. The van der Waals surface area contributed by atoms with Crippen LogP contribution in [-0.4, -0.2) is 21.4 Å². The lowest BCUT2D eigenvalue weighted by atomic mass is 10.2. The zero-order valence-corrected chi connectivity index (χ0v) is 17.8. The monoisotopic (exact) mass is 458 g/mol. The van der Waals surface area contributed by atoms with Gasteiger partial charge in [0.05, 0.1) is 16.3 Å². The van der Waals surface area contributed by atoms with E-state index in [0.717, 1.165) is 10.0 Å². The summed E-state index contributed by atoms with van der Waals surface area (Å²) in [6.07, 6.45) is 0. The van der Waals surface area contributed by atoms with Crippen molar-refractivity contribution in [2.45, 2.75) is 11.8 Å². The molecule has 3 aromatic rings. The van der Waals surface area contributed by atoms with Crippen LogP contribution in [0.25, 0.3) is 0 Å². The lowest BCUT2D eigenvalue weighted by Crippen LogP contribution is -2.26. The molecule has 0 fully saturated rings. The molecule has 1 amide bonds. The number of benzene rings is 3. The van der Waals surface area contributed by atoms with Crippen molar-refractivity contribution in [1.29, 1.82) is 0 Å². The lowest BCUT2D eigenvalue weighted by Gasteiger charge is -2.20. The summed E-state index contributed by atoms with van der Waals surface area (Å²) in [4.78, 5) is 12.7. The van der Waals surface area contributed by atoms with Gasteiger partial charge in [0.15, 0.2) is 0 Å². The summed E-state index contributed by atoms with van der Waals surface area (Å²) >= 11 is 3.39. The largest absolute Gasteiger partial charge is 0.321 e. The Morgan fingerprint density at radius 2 is 1.54 bits per heavy atom. The number of halogens is 1. The molecule has 144 valence electrons. The summed E-state index contributed by atoms with van der Waals surface area (Å²) in [7, 11) is -2.18. The highest BCUT2D eigenvalue weighted by atomic mass is 79.9. The lowest BCUT2D eigenvalue weighted by molar-refractivity contribution is 0.102.